The third-order valence-corrected chi connectivity index (χ3v) is 3.29. The molecule has 2 atom stereocenters. The fourth-order valence-electron chi connectivity index (χ4n) is 2.22. The highest BCUT2D eigenvalue weighted by molar-refractivity contribution is 5.76. The maximum Gasteiger partial charge on any atom is 0.220 e. The molecule has 1 aliphatic rings. The highest BCUT2D eigenvalue weighted by atomic mass is 16.3. The fourth-order valence-corrected chi connectivity index (χ4v) is 2.22. The van der Waals surface area contributed by atoms with Crippen LogP contribution in [0, 0.1) is 5.92 Å². The van der Waals surface area contributed by atoms with Crippen LogP contribution < -0.4 is 10.6 Å². The normalized spacial score (nSPS) is 21.4. The van der Waals surface area contributed by atoms with Crippen molar-refractivity contribution in [3.05, 3.63) is 24.2 Å². The van der Waals surface area contributed by atoms with Gasteiger partial charge in [0.1, 0.15) is 5.76 Å². The number of hydrogen-bond acceptors (Lipinski definition) is 3. The van der Waals surface area contributed by atoms with Gasteiger partial charge in [-0.15, -0.1) is 0 Å². The lowest BCUT2D eigenvalue weighted by Gasteiger charge is -2.12. The summed E-state index contributed by atoms with van der Waals surface area (Å²) in [5.41, 5.74) is 0. The molecule has 2 rings (SSSR count). The molecule has 1 saturated heterocycles. The summed E-state index contributed by atoms with van der Waals surface area (Å²) >= 11 is 0. The van der Waals surface area contributed by atoms with Crippen molar-refractivity contribution in [2.75, 3.05) is 13.1 Å². The molecule has 1 fully saturated rings. The molecule has 0 saturated carbocycles. The zero-order chi connectivity index (χ0) is 12.1. The van der Waals surface area contributed by atoms with Crippen LogP contribution in [0.15, 0.2) is 22.8 Å². The molecule has 4 nitrogen and oxygen atoms in total. The molecule has 0 aliphatic carbocycles. The molecule has 0 spiro atoms. The zero-order valence-corrected chi connectivity index (χ0v) is 10.2. The first-order valence-electron chi connectivity index (χ1n) is 6.29. The standard InChI is InChI=1S/C13H20N2O2/c1-10(12-3-2-8-17-12)15-13(16)5-4-11-6-7-14-9-11/h2-3,8,10-11,14H,4-7,9H2,1H3,(H,15,16)/t10-,11?/m1/s1. The van der Waals surface area contributed by atoms with Crippen molar-refractivity contribution in [3.63, 3.8) is 0 Å². The minimum Gasteiger partial charge on any atom is -0.467 e. The second-order valence-electron chi connectivity index (χ2n) is 4.70. The van der Waals surface area contributed by atoms with Crippen molar-refractivity contribution < 1.29 is 9.21 Å². The predicted molar refractivity (Wildman–Crippen MR) is 65.5 cm³/mol. The third kappa shape index (κ3) is 3.60. The summed E-state index contributed by atoms with van der Waals surface area (Å²) in [5, 5.41) is 6.27. The minimum atomic E-state index is -0.0424. The van der Waals surface area contributed by atoms with Crippen LogP contribution in [-0.4, -0.2) is 19.0 Å². The minimum absolute atomic E-state index is 0.0424. The van der Waals surface area contributed by atoms with Crippen LogP contribution in [-0.2, 0) is 4.79 Å². The molecule has 0 bridgehead atoms. The van der Waals surface area contributed by atoms with Crippen LogP contribution in [0.5, 0.6) is 0 Å². The SMILES string of the molecule is C[C@@H](NC(=O)CCC1CCNC1)c1ccco1. The maximum atomic E-state index is 11.7. The first kappa shape index (κ1) is 12.2. The van der Waals surface area contributed by atoms with Gasteiger partial charge in [-0.05, 0) is 50.9 Å². The van der Waals surface area contributed by atoms with Gasteiger partial charge < -0.3 is 15.1 Å². The van der Waals surface area contributed by atoms with Gasteiger partial charge in [-0.1, -0.05) is 0 Å². The number of nitrogens with one attached hydrogen (secondary N) is 2. The van der Waals surface area contributed by atoms with E-state index in [-0.39, 0.29) is 11.9 Å². The first-order chi connectivity index (χ1) is 8.25. The molecule has 17 heavy (non-hydrogen) atoms. The van der Waals surface area contributed by atoms with E-state index in [9.17, 15) is 4.79 Å². The van der Waals surface area contributed by atoms with Gasteiger partial charge in [0.05, 0.1) is 12.3 Å². The van der Waals surface area contributed by atoms with Gasteiger partial charge in [-0.2, -0.15) is 0 Å². The molecule has 1 amide bonds. The Kier molecular flexibility index (Phi) is 4.20. The topological polar surface area (TPSA) is 54.3 Å². The second kappa shape index (κ2) is 5.87. The van der Waals surface area contributed by atoms with Crippen molar-refractivity contribution in [2.24, 2.45) is 5.92 Å². The first-order valence-corrected chi connectivity index (χ1v) is 6.29. The predicted octanol–water partition coefficient (Wildman–Crippen LogP) is 1.85. The van der Waals surface area contributed by atoms with Gasteiger partial charge in [-0.25, -0.2) is 0 Å². The van der Waals surface area contributed by atoms with Gasteiger partial charge >= 0.3 is 0 Å². The van der Waals surface area contributed by atoms with Crippen LogP contribution in [0.3, 0.4) is 0 Å². The van der Waals surface area contributed by atoms with Crippen molar-refractivity contribution >= 4 is 5.91 Å². The van der Waals surface area contributed by atoms with Gasteiger partial charge in [0.25, 0.3) is 0 Å². The van der Waals surface area contributed by atoms with E-state index in [1.807, 2.05) is 19.1 Å². The van der Waals surface area contributed by atoms with Gasteiger partial charge in [0.15, 0.2) is 0 Å². The molecule has 1 aliphatic heterocycles. The second-order valence-corrected chi connectivity index (χ2v) is 4.70. The molecule has 0 radical (unpaired) electrons. The molecule has 4 heteroatoms. The molecular formula is C13H20N2O2. The largest absolute Gasteiger partial charge is 0.467 e. The van der Waals surface area contributed by atoms with E-state index in [1.54, 1.807) is 6.26 Å². The molecule has 0 aromatic carbocycles. The Bertz CT molecular complexity index is 342. The van der Waals surface area contributed by atoms with Crippen molar-refractivity contribution in [2.45, 2.75) is 32.2 Å². The Labute approximate surface area is 102 Å². The summed E-state index contributed by atoms with van der Waals surface area (Å²) < 4.78 is 5.25. The summed E-state index contributed by atoms with van der Waals surface area (Å²) in [6.07, 6.45) is 4.41. The monoisotopic (exact) mass is 236 g/mol. The van der Waals surface area contributed by atoms with Crippen LogP contribution >= 0.6 is 0 Å². The van der Waals surface area contributed by atoms with E-state index in [0.717, 1.165) is 25.3 Å². The van der Waals surface area contributed by atoms with Crippen molar-refractivity contribution in [1.29, 1.82) is 0 Å². The highest BCUT2D eigenvalue weighted by Crippen LogP contribution is 2.16. The molecule has 2 heterocycles. The smallest absolute Gasteiger partial charge is 0.220 e. The van der Waals surface area contributed by atoms with Crippen molar-refractivity contribution in [1.82, 2.24) is 10.6 Å². The molecule has 1 unspecified atom stereocenters. The average Bonchev–Trinajstić information content (AvgIpc) is 2.99. The quantitative estimate of drug-likeness (QED) is 0.820. The van der Waals surface area contributed by atoms with E-state index < -0.39 is 0 Å². The molecular weight excluding hydrogens is 216 g/mol. The number of rotatable bonds is 5. The Morgan fingerprint density at radius 1 is 1.71 bits per heavy atom. The number of carbonyl (C=O) groups excluding carboxylic acids is 1. The van der Waals surface area contributed by atoms with Gasteiger partial charge in [-0.3, -0.25) is 4.79 Å². The number of carbonyl (C=O) groups is 1. The number of hydrogen-bond donors (Lipinski definition) is 2. The Hall–Kier alpha value is -1.29. The Morgan fingerprint density at radius 2 is 2.59 bits per heavy atom. The van der Waals surface area contributed by atoms with Gasteiger partial charge in [0.2, 0.25) is 5.91 Å². The molecule has 2 N–H and O–H groups in total. The van der Waals surface area contributed by atoms with Crippen molar-refractivity contribution in [3.8, 4) is 0 Å². The van der Waals surface area contributed by atoms with Crippen LogP contribution in [0.4, 0.5) is 0 Å². The summed E-state index contributed by atoms with van der Waals surface area (Å²) in [6, 6.07) is 3.67. The Balaban J connectivity index is 1.69. The average molecular weight is 236 g/mol. The summed E-state index contributed by atoms with van der Waals surface area (Å²) in [5.74, 6) is 1.58. The zero-order valence-electron chi connectivity index (χ0n) is 10.2. The van der Waals surface area contributed by atoms with E-state index in [4.69, 9.17) is 4.42 Å². The lowest BCUT2D eigenvalue weighted by Crippen LogP contribution is -2.26. The van der Waals surface area contributed by atoms with E-state index in [2.05, 4.69) is 10.6 Å². The van der Waals surface area contributed by atoms with E-state index in [1.165, 1.54) is 6.42 Å². The van der Waals surface area contributed by atoms with E-state index in [0.29, 0.717) is 12.3 Å². The molecule has 1 aromatic rings. The lowest BCUT2D eigenvalue weighted by molar-refractivity contribution is -0.122. The summed E-state index contributed by atoms with van der Waals surface area (Å²) in [7, 11) is 0. The molecule has 94 valence electrons. The maximum absolute atomic E-state index is 11.7. The lowest BCUT2D eigenvalue weighted by atomic mass is 10.0. The van der Waals surface area contributed by atoms with Crippen LogP contribution in [0.2, 0.25) is 0 Å². The number of furan rings is 1. The van der Waals surface area contributed by atoms with E-state index >= 15 is 0 Å². The van der Waals surface area contributed by atoms with Gasteiger partial charge in [0, 0.05) is 6.42 Å². The van der Waals surface area contributed by atoms with Crippen LogP contribution in [0.1, 0.15) is 38.0 Å². The number of amides is 1. The fraction of sp³-hybridized carbons (Fsp3) is 0.615. The summed E-state index contributed by atoms with van der Waals surface area (Å²) in [4.78, 5) is 11.7. The highest BCUT2D eigenvalue weighted by Gasteiger charge is 2.17. The third-order valence-electron chi connectivity index (χ3n) is 3.29. The Morgan fingerprint density at radius 3 is 3.24 bits per heavy atom. The molecule has 1 aromatic heterocycles. The summed E-state index contributed by atoms with van der Waals surface area (Å²) in [6.45, 7) is 4.09. The van der Waals surface area contributed by atoms with Crippen LogP contribution in [0.25, 0.3) is 0 Å².